The lowest BCUT2D eigenvalue weighted by atomic mass is 10.2. The Morgan fingerprint density at radius 2 is 2.11 bits per heavy atom. The number of nitrogens with one attached hydrogen (secondary N) is 2. The average molecular weight is 257 g/mol. The molecule has 1 saturated heterocycles. The summed E-state index contributed by atoms with van der Waals surface area (Å²) in [4.78, 5) is 6.86. The molecule has 0 amide bonds. The standard InChI is InChI=1S/C14H19N5/c1-11-12(9-17-18-11)8-15-13-4-5-14(16-10-13)19-6-2-3-7-19/h4-5,9-10,15H,2-3,6-8H2,1H3,(H,17,18). The van der Waals surface area contributed by atoms with Gasteiger partial charge < -0.3 is 10.2 Å². The number of aryl methyl sites for hydroxylation is 1. The van der Waals surface area contributed by atoms with E-state index in [9.17, 15) is 0 Å². The normalized spacial score (nSPS) is 14.9. The van der Waals surface area contributed by atoms with E-state index in [0.29, 0.717) is 0 Å². The van der Waals surface area contributed by atoms with Crippen LogP contribution in [0.2, 0.25) is 0 Å². The van der Waals surface area contributed by atoms with Crippen molar-refractivity contribution in [3.63, 3.8) is 0 Å². The van der Waals surface area contributed by atoms with Gasteiger partial charge in [0.25, 0.3) is 0 Å². The van der Waals surface area contributed by atoms with E-state index in [2.05, 4.69) is 37.5 Å². The fourth-order valence-electron chi connectivity index (χ4n) is 2.38. The first-order valence-electron chi connectivity index (χ1n) is 6.76. The van der Waals surface area contributed by atoms with E-state index < -0.39 is 0 Å². The van der Waals surface area contributed by atoms with E-state index in [-0.39, 0.29) is 0 Å². The number of aromatic amines is 1. The maximum absolute atomic E-state index is 4.52. The van der Waals surface area contributed by atoms with Crippen LogP contribution < -0.4 is 10.2 Å². The zero-order valence-corrected chi connectivity index (χ0v) is 11.2. The Kier molecular flexibility index (Phi) is 3.35. The quantitative estimate of drug-likeness (QED) is 0.882. The van der Waals surface area contributed by atoms with Crippen molar-refractivity contribution in [3.8, 4) is 0 Å². The van der Waals surface area contributed by atoms with Gasteiger partial charge in [-0.3, -0.25) is 5.10 Å². The highest BCUT2D eigenvalue weighted by Crippen LogP contribution is 2.19. The van der Waals surface area contributed by atoms with Crippen LogP contribution in [0.3, 0.4) is 0 Å². The monoisotopic (exact) mass is 257 g/mol. The van der Waals surface area contributed by atoms with Crippen molar-refractivity contribution >= 4 is 11.5 Å². The maximum Gasteiger partial charge on any atom is 0.128 e. The molecule has 0 radical (unpaired) electrons. The van der Waals surface area contributed by atoms with Gasteiger partial charge >= 0.3 is 0 Å². The molecule has 5 nitrogen and oxygen atoms in total. The lowest BCUT2D eigenvalue weighted by Gasteiger charge is -2.16. The predicted octanol–water partition coefficient (Wildman–Crippen LogP) is 2.33. The zero-order chi connectivity index (χ0) is 13.1. The highest BCUT2D eigenvalue weighted by Gasteiger charge is 2.12. The molecule has 2 aromatic rings. The van der Waals surface area contributed by atoms with Crippen LogP contribution in [0, 0.1) is 6.92 Å². The van der Waals surface area contributed by atoms with Crippen LogP contribution in [0.15, 0.2) is 24.5 Å². The summed E-state index contributed by atoms with van der Waals surface area (Å²) < 4.78 is 0. The van der Waals surface area contributed by atoms with Gasteiger partial charge in [-0.1, -0.05) is 0 Å². The highest BCUT2D eigenvalue weighted by molar-refractivity contribution is 5.49. The molecule has 0 aromatic carbocycles. The van der Waals surface area contributed by atoms with Crippen molar-refractivity contribution in [2.45, 2.75) is 26.3 Å². The molecule has 1 aliphatic heterocycles. The average Bonchev–Trinajstić information content (AvgIpc) is 3.09. The molecule has 0 bridgehead atoms. The van der Waals surface area contributed by atoms with E-state index in [4.69, 9.17) is 0 Å². The number of anilines is 2. The Morgan fingerprint density at radius 1 is 1.26 bits per heavy atom. The number of hydrogen-bond acceptors (Lipinski definition) is 4. The Bertz CT molecular complexity index is 525. The minimum absolute atomic E-state index is 0.771. The van der Waals surface area contributed by atoms with Gasteiger partial charge in [0.1, 0.15) is 5.82 Å². The first-order valence-corrected chi connectivity index (χ1v) is 6.76. The van der Waals surface area contributed by atoms with Gasteiger partial charge in [-0.25, -0.2) is 4.98 Å². The molecule has 5 heteroatoms. The third-order valence-corrected chi connectivity index (χ3v) is 3.60. The topological polar surface area (TPSA) is 56.8 Å². The highest BCUT2D eigenvalue weighted by atomic mass is 15.2. The number of pyridine rings is 1. The Morgan fingerprint density at radius 3 is 2.74 bits per heavy atom. The van der Waals surface area contributed by atoms with Gasteiger partial charge in [0.05, 0.1) is 18.1 Å². The first-order chi connectivity index (χ1) is 9.33. The van der Waals surface area contributed by atoms with Crippen LogP contribution in [0.4, 0.5) is 11.5 Å². The molecule has 2 N–H and O–H groups in total. The molecule has 0 atom stereocenters. The fourth-order valence-corrected chi connectivity index (χ4v) is 2.38. The smallest absolute Gasteiger partial charge is 0.128 e. The van der Waals surface area contributed by atoms with Gasteiger partial charge in [-0.15, -0.1) is 0 Å². The Balaban J connectivity index is 1.61. The molecule has 3 heterocycles. The molecule has 1 fully saturated rings. The van der Waals surface area contributed by atoms with Crippen molar-refractivity contribution in [2.75, 3.05) is 23.3 Å². The molecule has 19 heavy (non-hydrogen) atoms. The molecule has 2 aromatic heterocycles. The minimum atomic E-state index is 0.771. The lowest BCUT2D eigenvalue weighted by molar-refractivity contribution is 0.937. The summed E-state index contributed by atoms with van der Waals surface area (Å²) in [7, 11) is 0. The number of nitrogens with zero attached hydrogens (tertiary/aromatic N) is 3. The fraction of sp³-hybridized carbons (Fsp3) is 0.429. The minimum Gasteiger partial charge on any atom is -0.380 e. The van der Waals surface area contributed by atoms with E-state index in [1.54, 1.807) is 0 Å². The van der Waals surface area contributed by atoms with E-state index in [1.807, 2.05) is 19.3 Å². The Labute approximate surface area is 113 Å². The Hall–Kier alpha value is -2.04. The predicted molar refractivity (Wildman–Crippen MR) is 76.3 cm³/mol. The molecule has 1 aliphatic rings. The summed E-state index contributed by atoms with van der Waals surface area (Å²) in [5, 5.41) is 10.3. The third-order valence-electron chi connectivity index (χ3n) is 3.60. The number of hydrogen-bond donors (Lipinski definition) is 2. The molecule has 100 valence electrons. The summed E-state index contributed by atoms with van der Waals surface area (Å²) >= 11 is 0. The SMILES string of the molecule is Cc1[nH]ncc1CNc1ccc(N2CCCC2)nc1. The van der Waals surface area contributed by atoms with Crippen LogP contribution in [-0.4, -0.2) is 28.3 Å². The molecule has 0 unspecified atom stereocenters. The lowest BCUT2D eigenvalue weighted by Crippen LogP contribution is -2.18. The van der Waals surface area contributed by atoms with Gasteiger partial charge in [0.15, 0.2) is 0 Å². The van der Waals surface area contributed by atoms with Crippen molar-refractivity contribution in [3.05, 3.63) is 35.8 Å². The van der Waals surface area contributed by atoms with Crippen LogP contribution >= 0.6 is 0 Å². The number of H-pyrrole nitrogens is 1. The van der Waals surface area contributed by atoms with Gasteiger partial charge in [0.2, 0.25) is 0 Å². The van der Waals surface area contributed by atoms with Gasteiger partial charge in [-0.2, -0.15) is 5.10 Å². The zero-order valence-electron chi connectivity index (χ0n) is 11.2. The summed E-state index contributed by atoms with van der Waals surface area (Å²) in [6, 6.07) is 4.19. The third kappa shape index (κ3) is 2.70. The van der Waals surface area contributed by atoms with Crippen molar-refractivity contribution in [1.29, 1.82) is 0 Å². The summed E-state index contributed by atoms with van der Waals surface area (Å²) in [5.74, 6) is 1.09. The number of rotatable bonds is 4. The van der Waals surface area contributed by atoms with Crippen LogP contribution in [0.5, 0.6) is 0 Å². The van der Waals surface area contributed by atoms with Crippen molar-refractivity contribution < 1.29 is 0 Å². The van der Waals surface area contributed by atoms with E-state index >= 15 is 0 Å². The molecular formula is C14H19N5. The van der Waals surface area contributed by atoms with E-state index in [1.165, 1.54) is 18.4 Å². The summed E-state index contributed by atoms with van der Waals surface area (Å²) in [5.41, 5.74) is 3.33. The largest absolute Gasteiger partial charge is 0.380 e. The molecular weight excluding hydrogens is 238 g/mol. The van der Waals surface area contributed by atoms with E-state index in [0.717, 1.165) is 36.8 Å². The second-order valence-corrected chi connectivity index (χ2v) is 4.97. The van der Waals surface area contributed by atoms with Crippen LogP contribution in [-0.2, 0) is 6.54 Å². The molecule has 0 spiro atoms. The number of aromatic nitrogens is 3. The maximum atomic E-state index is 4.52. The van der Waals surface area contributed by atoms with Gasteiger partial charge in [0, 0.05) is 30.9 Å². The second kappa shape index (κ2) is 5.30. The van der Waals surface area contributed by atoms with Crippen LogP contribution in [0.25, 0.3) is 0 Å². The molecule has 0 saturated carbocycles. The first kappa shape index (κ1) is 12.0. The van der Waals surface area contributed by atoms with Crippen molar-refractivity contribution in [2.24, 2.45) is 0 Å². The summed E-state index contributed by atoms with van der Waals surface area (Å²) in [6.45, 7) is 5.06. The molecule has 0 aliphatic carbocycles. The second-order valence-electron chi connectivity index (χ2n) is 4.97. The molecule has 3 rings (SSSR count). The van der Waals surface area contributed by atoms with Crippen molar-refractivity contribution in [1.82, 2.24) is 15.2 Å². The summed E-state index contributed by atoms with van der Waals surface area (Å²) in [6.07, 6.45) is 6.32. The van der Waals surface area contributed by atoms with Crippen LogP contribution in [0.1, 0.15) is 24.1 Å². The van der Waals surface area contributed by atoms with Gasteiger partial charge in [-0.05, 0) is 31.9 Å².